The number of halogens is 4. The molecule has 17 heavy (non-hydrogen) atoms. The molecule has 3 nitrogen and oxygen atoms in total. The van der Waals surface area contributed by atoms with Crippen molar-refractivity contribution < 1.29 is 17.7 Å². The fourth-order valence-corrected chi connectivity index (χ4v) is 1.87. The van der Waals surface area contributed by atoms with Gasteiger partial charge in [-0.3, -0.25) is 0 Å². The van der Waals surface area contributed by atoms with E-state index in [1.54, 1.807) is 22.6 Å². The Balaban J connectivity index is 2.64. The van der Waals surface area contributed by atoms with E-state index in [9.17, 15) is 13.2 Å². The number of rotatable bonds is 1. The van der Waals surface area contributed by atoms with Gasteiger partial charge in [0.25, 0.3) is 0 Å². The molecule has 0 aliphatic heterocycles. The predicted octanol–water partition coefficient (Wildman–Crippen LogP) is 3.55. The summed E-state index contributed by atoms with van der Waals surface area (Å²) in [4.78, 5) is 0. The van der Waals surface area contributed by atoms with E-state index in [0.29, 0.717) is 3.57 Å². The van der Waals surface area contributed by atoms with Gasteiger partial charge in [0.2, 0.25) is 0 Å². The molecule has 0 saturated heterocycles. The lowest BCUT2D eigenvalue weighted by Crippen LogP contribution is -2.06. The average Bonchev–Trinajstić information content (AvgIpc) is 2.59. The summed E-state index contributed by atoms with van der Waals surface area (Å²) in [5.41, 5.74) is 4.61. The van der Waals surface area contributed by atoms with E-state index in [0.717, 1.165) is 6.07 Å². The van der Waals surface area contributed by atoms with Crippen LogP contribution in [0.4, 0.5) is 19.0 Å². The van der Waals surface area contributed by atoms with Gasteiger partial charge in [-0.05, 0) is 28.7 Å². The molecule has 2 N–H and O–H groups in total. The Kier molecular flexibility index (Phi) is 3.02. The maximum atomic E-state index is 12.8. The first-order chi connectivity index (χ1) is 7.91. The van der Waals surface area contributed by atoms with Crippen LogP contribution in [0.1, 0.15) is 5.56 Å². The number of aromatic nitrogens is 1. The quantitative estimate of drug-likeness (QED) is 0.797. The average molecular weight is 354 g/mol. The van der Waals surface area contributed by atoms with Gasteiger partial charge in [-0.25, -0.2) is 0 Å². The number of nitrogen functional groups attached to an aromatic ring is 1. The summed E-state index contributed by atoms with van der Waals surface area (Å²) >= 11 is 1.80. The van der Waals surface area contributed by atoms with Gasteiger partial charge < -0.3 is 10.3 Å². The maximum absolute atomic E-state index is 12.8. The van der Waals surface area contributed by atoms with Crippen LogP contribution in [0.2, 0.25) is 0 Å². The predicted molar refractivity (Wildman–Crippen MR) is 64.1 cm³/mol. The van der Waals surface area contributed by atoms with Gasteiger partial charge in [-0.2, -0.15) is 13.2 Å². The van der Waals surface area contributed by atoms with Crippen molar-refractivity contribution in [3.05, 3.63) is 33.4 Å². The van der Waals surface area contributed by atoms with E-state index >= 15 is 0 Å². The van der Waals surface area contributed by atoms with E-state index in [1.165, 1.54) is 18.2 Å². The molecule has 0 fully saturated rings. The molecule has 1 aromatic heterocycles. The number of alkyl halides is 3. The highest BCUT2D eigenvalue weighted by Crippen LogP contribution is 2.39. The summed E-state index contributed by atoms with van der Waals surface area (Å²) < 4.78 is 43.5. The van der Waals surface area contributed by atoms with Crippen molar-refractivity contribution >= 4 is 28.4 Å². The Morgan fingerprint density at radius 3 is 2.41 bits per heavy atom. The van der Waals surface area contributed by atoms with Crippen molar-refractivity contribution in [2.75, 3.05) is 5.73 Å². The SMILES string of the molecule is Nc1noc(-c2ccccc2C(F)(F)F)c1I. The lowest BCUT2D eigenvalue weighted by Gasteiger charge is -2.10. The number of anilines is 1. The Morgan fingerprint density at radius 1 is 1.24 bits per heavy atom. The van der Waals surface area contributed by atoms with E-state index in [4.69, 9.17) is 10.3 Å². The second kappa shape index (κ2) is 4.21. The van der Waals surface area contributed by atoms with Crippen molar-refractivity contribution in [2.24, 2.45) is 0 Å². The molecule has 0 unspecified atom stereocenters. The molecule has 0 atom stereocenters. The molecule has 90 valence electrons. The van der Waals surface area contributed by atoms with Crippen molar-refractivity contribution in [3.8, 4) is 11.3 Å². The monoisotopic (exact) mass is 354 g/mol. The van der Waals surface area contributed by atoms with Gasteiger partial charge in [0, 0.05) is 5.56 Å². The summed E-state index contributed by atoms with van der Waals surface area (Å²) in [5, 5.41) is 3.44. The van der Waals surface area contributed by atoms with E-state index in [-0.39, 0.29) is 17.1 Å². The summed E-state index contributed by atoms with van der Waals surface area (Å²) in [7, 11) is 0. The summed E-state index contributed by atoms with van der Waals surface area (Å²) in [6.07, 6.45) is -4.44. The maximum Gasteiger partial charge on any atom is 0.417 e. The van der Waals surface area contributed by atoms with Crippen LogP contribution in [0, 0.1) is 3.57 Å². The van der Waals surface area contributed by atoms with Crippen molar-refractivity contribution in [1.29, 1.82) is 0 Å². The molecule has 0 radical (unpaired) electrons. The second-order valence-corrected chi connectivity index (χ2v) is 4.33. The zero-order valence-electron chi connectivity index (χ0n) is 8.25. The highest BCUT2D eigenvalue weighted by Gasteiger charge is 2.35. The van der Waals surface area contributed by atoms with Crippen molar-refractivity contribution in [2.45, 2.75) is 6.18 Å². The van der Waals surface area contributed by atoms with Crippen LogP contribution in [0.25, 0.3) is 11.3 Å². The van der Waals surface area contributed by atoms with Crippen molar-refractivity contribution in [1.82, 2.24) is 5.16 Å². The third-order valence-corrected chi connectivity index (χ3v) is 3.18. The summed E-state index contributed by atoms with van der Waals surface area (Å²) in [5.74, 6) is 0.119. The molecular weight excluding hydrogens is 348 g/mol. The fourth-order valence-electron chi connectivity index (χ4n) is 1.39. The van der Waals surface area contributed by atoms with E-state index in [2.05, 4.69) is 5.16 Å². The number of hydrogen-bond donors (Lipinski definition) is 1. The van der Waals surface area contributed by atoms with Gasteiger partial charge in [0.15, 0.2) is 11.6 Å². The van der Waals surface area contributed by atoms with E-state index in [1.807, 2.05) is 0 Å². The Labute approximate surface area is 108 Å². The van der Waals surface area contributed by atoms with Gasteiger partial charge >= 0.3 is 6.18 Å². The number of hydrogen-bond acceptors (Lipinski definition) is 3. The molecule has 0 aliphatic carbocycles. The molecular formula is C10H6F3IN2O. The number of nitrogens with two attached hydrogens (primary N) is 1. The molecule has 0 saturated carbocycles. The van der Waals surface area contributed by atoms with Gasteiger partial charge in [-0.1, -0.05) is 23.4 Å². The van der Waals surface area contributed by atoms with Crippen LogP contribution in [-0.4, -0.2) is 5.16 Å². The minimum Gasteiger partial charge on any atom is -0.380 e. The largest absolute Gasteiger partial charge is 0.417 e. The molecule has 2 rings (SSSR count). The second-order valence-electron chi connectivity index (χ2n) is 3.25. The molecule has 0 amide bonds. The first-order valence-corrected chi connectivity index (χ1v) is 5.56. The first kappa shape index (κ1) is 12.2. The smallest absolute Gasteiger partial charge is 0.380 e. The summed E-state index contributed by atoms with van der Waals surface area (Å²) in [6.45, 7) is 0. The third kappa shape index (κ3) is 2.24. The topological polar surface area (TPSA) is 52.0 Å². The normalized spacial score (nSPS) is 11.8. The molecule has 0 bridgehead atoms. The molecule has 0 aliphatic rings. The molecule has 2 aromatic rings. The van der Waals surface area contributed by atoms with Crippen LogP contribution < -0.4 is 5.73 Å². The Hall–Kier alpha value is -1.25. The Bertz CT molecular complexity index is 551. The summed E-state index contributed by atoms with van der Waals surface area (Å²) in [6, 6.07) is 5.13. The Morgan fingerprint density at radius 2 is 1.88 bits per heavy atom. The molecule has 0 spiro atoms. The van der Waals surface area contributed by atoms with Crippen LogP contribution >= 0.6 is 22.6 Å². The van der Waals surface area contributed by atoms with Crippen LogP contribution in [0.15, 0.2) is 28.8 Å². The zero-order chi connectivity index (χ0) is 12.6. The molecule has 1 heterocycles. The van der Waals surface area contributed by atoms with Gasteiger partial charge in [-0.15, -0.1) is 0 Å². The highest BCUT2D eigenvalue weighted by atomic mass is 127. The van der Waals surface area contributed by atoms with Crippen LogP contribution in [0.3, 0.4) is 0 Å². The minimum atomic E-state index is -4.44. The zero-order valence-corrected chi connectivity index (χ0v) is 10.4. The minimum absolute atomic E-state index is 0.0380. The third-order valence-electron chi connectivity index (χ3n) is 2.14. The highest BCUT2D eigenvalue weighted by molar-refractivity contribution is 14.1. The number of benzene rings is 1. The lowest BCUT2D eigenvalue weighted by molar-refractivity contribution is -0.137. The lowest BCUT2D eigenvalue weighted by atomic mass is 10.1. The van der Waals surface area contributed by atoms with Crippen LogP contribution in [0.5, 0.6) is 0 Å². The molecule has 1 aromatic carbocycles. The van der Waals surface area contributed by atoms with Gasteiger partial charge in [0.05, 0.1) is 5.56 Å². The number of nitrogens with zero attached hydrogens (tertiary/aromatic N) is 1. The van der Waals surface area contributed by atoms with Crippen molar-refractivity contribution in [3.63, 3.8) is 0 Å². The molecule has 7 heteroatoms. The standard InChI is InChI=1S/C10H6F3IN2O/c11-10(12,13)6-4-2-1-3-5(6)8-7(14)9(15)16-17-8/h1-4H,(H2,15,16). The fraction of sp³-hybridized carbons (Fsp3) is 0.100. The first-order valence-electron chi connectivity index (χ1n) is 4.48. The van der Waals surface area contributed by atoms with Gasteiger partial charge in [0.1, 0.15) is 3.57 Å². The van der Waals surface area contributed by atoms with E-state index < -0.39 is 11.7 Å². The van der Waals surface area contributed by atoms with Crippen LogP contribution in [-0.2, 0) is 6.18 Å².